The number of hydrogen-bond donors (Lipinski definition) is 1. The fourth-order valence-electron chi connectivity index (χ4n) is 4.02. The molecule has 2 atom stereocenters. The molecule has 18 heavy (non-hydrogen) atoms. The zero-order valence-electron chi connectivity index (χ0n) is 12.6. The molecule has 0 amide bonds. The zero-order chi connectivity index (χ0) is 13.3. The van der Waals surface area contributed by atoms with Gasteiger partial charge in [-0.3, -0.25) is 9.80 Å². The van der Waals surface area contributed by atoms with Crippen LogP contribution >= 0.6 is 0 Å². The Hall–Kier alpha value is -0.120. The van der Waals surface area contributed by atoms with E-state index in [2.05, 4.69) is 37.5 Å². The van der Waals surface area contributed by atoms with Crippen molar-refractivity contribution < 1.29 is 0 Å². The van der Waals surface area contributed by atoms with Crippen molar-refractivity contribution in [2.45, 2.75) is 83.6 Å². The van der Waals surface area contributed by atoms with E-state index in [-0.39, 0.29) is 0 Å². The summed E-state index contributed by atoms with van der Waals surface area (Å²) in [6.45, 7) is 11.7. The minimum atomic E-state index is 0.463. The molecule has 0 aromatic carbocycles. The van der Waals surface area contributed by atoms with Crippen molar-refractivity contribution in [3.05, 3.63) is 0 Å². The molecule has 2 unspecified atom stereocenters. The predicted octanol–water partition coefficient (Wildman–Crippen LogP) is 2.06. The molecule has 2 fully saturated rings. The van der Waals surface area contributed by atoms with Crippen molar-refractivity contribution in [2.75, 3.05) is 13.1 Å². The number of rotatable bonds is 5. The Labute approximate surface area is 113 Å². The van der Waals surface area contributed by atoms with Gasteiger partial charge in [0, 0.05) is 43.3 Å². The highest BCUT2D eigenvalue weighted by Gasteiger charge is 2.39. The third-order valence-electron chi connectivity index (χ3n) is 4.86. The summed E-state index contributed by atoms with van der Waals surface area (Å²) in [5.41, 5.74) is 6.13. The summed E-state index contributed by atoms with van der Waals surface area (Å²) in [5, 5.41) is 0. The van der Waals surface area contributed by atoms with Gasteiger partial charge in [-0.2, -0.15) is 0 Å². The van der Waals surface area contributed by atoms with Gasteiger partial charge >= 0.3 is 0 Å². The van der Waals surface area contributed by atoms with Crippen molar-refractivity contribution in [3.63, 3.8) is 0 Å². The monoisotopic (exact) mass is 253 g/mol. The second kappa shape index (κ2) is 5.89. The molecule has 0 spiro atoms. The first kappa shape index (κ1) is 14.3. The molecule has 2 heterocycles. The highest BCUT2D eigenvalue weighted by Crippen LogP contribution is 2.34. The smallest absolute Gasteiger partial charge is 0.0115 e. The van der Waals surface area contributed by atoms with Crippen molar-refractivity contribution in [1.82, 2.24) is 9.80 Å². The van der Waals surface area contributed by atoms with Gasteiger partial charge in [0.2, 0.25) is 0 Å². The Bertz CT molecular complexity index is 242. The van der Waals surface area contributed by atoms with E-state index in [4.69, 9.17) is 5.73 Å². The topological polar surface area (TPSA) is 32.5 Å². The van der Waals surface area contributed by atoms with Gasteiger partial charge in [0.25, 0.3) is 0 Å². The summed E-state index contributed by atoms with van der Waals surface area (Å²) >= 11 is 0. The van der Waals surface area contributed by atoms with Crippen LogP contribution in [-0.4, -0.2) is 53.1 Å². The van der Waals surface area contributed by atoms with Gasteiger partial charge in [-0.15, -0.1) is 0 Å². The maximum absolute atomic E-state index is 6.13. The first-order chi connectivity index (χ1) is 8.49. The molecular weight excluding hydrogens is 222 g/mol. The van der Waals surface area contributed by atoms with Crippen LogP contribution in [0.25, 0.3) is 0 Å². The number of nitrogens with zero attached hydrogens (tertiary/aromatic N) is 2. The molecule has 3 nitrogen and oxygen atoms in total. The van der Waals surface area contributed by atoms with E-state index in [1.54, 1.807) is 0 Å². The van der Waals surface area contributed by atoms with Gasteiger partial charge in [0.1, 0.15) is 0 Å². The zero-order valence-corrected chi connectivity index (χ0v) is 12.6. The lowest BCUT2D eigenvalue weighted by Crippen LogP contribution is -2.51. The molecule has 0 aliphatic carbocycles. The molecule has 0 saturated carbocycles. The SMILES string of the molecule is CC(C)N(CCN1C2CCC1CC(N)C2)C(C)C. The molecule has 0 aromatic heterocycles. The van der Waals surface area contributed by atoms with E-state index in [1.165, 1.54) is 38.8 Å². The van der Waals surface area contributed by atoms with Crippen LogP contribution in [0.4, 0.5) is 0 Å². The molecule has 106 valence electrons. The third kappa shape index (κ3) is 3.06. The highest BCUT2D eigenvalue weighted by atomic mass is 15.3. The van der Waals surface area contributed by atoms with Crippen LogP contribution in [0.1, 0.15) is 53.4 Å². The summed E-state index contributed by atoms with van der Waals surface area (Å²) in [4.78, 5) is 5.36. The Morgan fingerprint density at radius 2 is 1.56 bits per heavy atom. The molecule has 2 saturated heterocycles. The number of hydrogen-bond acceptors (Lipinski definition) is 3. The molecule has 3 heteroatoms. The quantitative estimate of drug-likeness (QED) is 0.814. The fraction of sp³-hybridized carbons (Fsp3) is 1.00. The third-order valence-corrected chi connectivity index (χ3v) is 4.86. The Morgan fingerprint density at radius 3 is 2.00 bits per heavy atom. The summed E-state index contributed by atoms with van der Waals surface area (Å²) in [7, 11) is 0. The van der Waals surface area contributed by atoms with Gasteiger partial charge in [0.15, 0.2) is 0 Å². The maximum atomic E-state index is 6.13. The standard InChI is InChI=1S/C15H31N3/c1-11(2)17(12(3)4)7-8-18-14-5-6-15(18)10-13(16)9-14/h11-15H,5-10,16H2,1-4H3. The summed E-state index contributed by atoms with van der Waals surface area (Å²) in [6, 6.07) is 3.31. The first-order valence-electron chi connectivity index (χ1n) is 7.76. The first-order valence-corrected chi connectivity index (χ1v) is 7.76. The second-order valence-electron chi connectivity index (χ2n) is 6.78. The van der Waals surface area contributed by atoms with Crippen LogP contribution < -0.4 is 5.73 Å². The highest BCUT2D eigenvalue weighted by molar-refractivity contribution is 4.96. The largest absolute Gasteiger partial charge is 0.328 e. The van der Waals surface area contributed by atoms with Gasteiger partial charge in [0.05, 0.1) is 0 Å². The summed E-state index contributed by atoms with van der Waals surface area (Å²) in [6.07, 6.45) is 5.20. The average molecular weight is 253 g/mol. The second-order valence-corrected chi connectivity index (χ2v) is 6.78. The van der Waals surface area contributed by atoms with E-state index in [0.29, 0.717) is 18.1 Å². The van der Waals surface area contributed by atoms with Crippen LogP contribution in [0.2, 0.25) is 0 Å². The van der Waals surface area contributed by atoms with Crippen molar-refractivity contribution in [3.8, 4) is 0 Å². The van der Waals surface area contributed by atoms with Crippen LogP contribution in [0.5, 0.6) is 0 Å². The van der Waals surface area contributed by atoms with E-state index in [9.17, 15) is 0 Å². The van der Waals surface area contributed by atoms with Crippen LogP contribution in [0.15, 0.2) is 0 Å². The lowest BCUT2D eigenvalue weighted by molar-refractivity contribution is 0.0891. The Kier molecular flexibility index (Phi) is 4.68. The van der Waals surface area contributed by atoms with E-state index in [0.717, 1.165) is 12.1 Å². The molecule has 2 aliphatic rings. The van der Waals surface area contributed by atoms with Crippen molar-refractivity contribution in [2.24, 2.45) is 5.73 Å². The molecule has 2 rings (SSSR count). The van der Waals surface area contributed by atoms with Gasteiger partial charge in [-0.05, 0) is 53.4 Å². The predicted molar refractivity (Wildman–Crippen MR) is 77.7 cm³/mol. The summed E-state index contributed by atoms with van der Waals surface area (Å²) in [5.74, 6) is 0. The van der Waals surface area contributed by atoms with Crippen LogP contribution in [0, 0.1) is 0 Å². The molecule has 2 N–H and O–H groups in total. The molecule has 0 radical (unpaired) electrons. The number of nitrogens with two attached hydrogens (primary N) is 1. The molecule has 0 aromatic rings. The van der Waals surface area contributed by atoms with E-state index in [1.807, 2.05) is 0 Å². The minimum Gasteiger partial charge on any atom is -0.328 e. The van der Waals surface area contributed by atoms with Gasteiger partial charge in [-0.1, -0.05) is 0 Å². The van der Waals surface area contributed by atoms with E-state index < -0.39 is 0 Å². The van der Waals surface area contributed by atoms with Gasteiger partial charge < -0.3 is 5.73 Å². The number of piperidine rings is 1. The van der Waals surface area contributed by atoms with Crippen molar-refractivity contribution in [1.29, 1.82) is 0 Å². The van der Waals surface area contributed by atoms with Crippen LogP contribution in [-0.2, 0) is 0 Å². The summed E-state index contributed by atoms with van der Waals surface area (Å²) < 4.78 is 0. The normalized spacial score (nSPS) is 33.0. The lowest BCUT2D eigenvalue weighted by atomic mass is 9.98. The fourth-order valence-corrected chi connectivity index (χ4v) is 4.02. The average Bonchev–Trinajstić information content (AvgIpc) is 2.52. The lowest BCUT2D eigenvalue weighted by Gasteiger charge is -2.40. The van der Waals surface area contributed by atoms with Gasteiger partial charge in [-0.25, -0.2) is 0 Å². The number of fused-ring (bicyclic) bond motifs is 2. The Morgan fingerprint density at radius 1 is 1.06 bits per heavy atom. The van der Waals surface area contributed by atoms with Crippen LogP contribution in [0.3, 0.4) is 0 Å². The van der Waals surface area contributed by atoms with E-state index >= 15 is 0 Å². The minimum absolute atomic E-state index is 0.463. The Balaban J connectivity index is 1.87. The maximum Gasteiger partial charge on any atom is 0.0115 e. The molecule has 2 aliphatic heterocycles. The molecular formula is C15H31N3. The van der Waals surface area contributed by atoms with Crippen molar-refractivity contribution >= 4 is 0 Å². The molecule has 2 bridgehead atoms.